The third kappa shape index (κ3) is 5.22. The van der Waals surface area contributed by atoms with Gasteiger partial charge in [0.15, 0.2) is 0 Å². The molecule has 5 aromatic rings. The van der Waals surface area contributed by atoms with Crippen molar-refractivity contribution in [2.24, 2.45) is 0 Å². The van der Waals surface area contributed by atoms with E-state index < -0.39 is 6.03 Å². The molecule has 5 rings (SSSR count). The Hall–Kier alpha value is -5.01. The first-order chi connectivity index (χ1) is 17.4. The van der Waals surface area contributed by atoms with E-state index in [2.05, 4.69) is 42.0 Å². The molecule has 2 aromatic carbocycles. The lowest BCUT2D eigenvalue weighted by molar-refractivity contribution is 0.261. The van der Waals surface area contributed by atoms with Gasteiger partial charge in [0, 0.05) is 35.0 Å². The van der Waals surface area contributed by atoms with E-state index in [-0.39, 0.29) is 11.0 Å². The number of aromatic nitrogens is 4. The molecule has 0 saturated heterocycles. The molecule has 0 bridgehead atoms. The number of halogens is 1. The van der Waals surface area contributed by atoms with Gasteiger partial charge in [0.1, 0.15) is 28.7 Å². The summed E-state index contributed by atoms with van der Waals surface area (Å²) in [6, 6.07) is 17.0. The summed E-state index contributed by atoms with van der Waals surface area (Å²) >= 11 is 6.39. The Labute approximate surface area is 210 Å². The quantitative estimate of drug-likeness (QED) is 0.209. The summed E-state index contributed by atoms with van der Waals surface area (Å²) in [5.41, 5.74) is 2.26. The molecular weight excluding hydrogens is 482 g/mol. The Morgan fingerprint density at radius 2 is 1.97 bits per heavy atom. The van der Waals surface area contributed by atoms with E-state index in [1.807, 2.05) is 24.3 Å². The molecule has 4 N–H and O–H groups in total. The zero-order valence-electron chi connectivity index (χ0n) is 18.8. The fourth-order valence-corrected chi connectivity index (χ4v) is 3.55. The highest BCUT2D eigenvalue weighted by Gasteiger charge is 2.12. The second-order valence-electron chi connectivity index (χ2n) is 7.59. The van der Waals surface area contributed by atoms with Crippen LogP contribution in [0.3, 0.4) is 0 Å². The van der Waals surface area contributed by atoms with E-state index in [1.165, 1.54) is 0 Å². The van der Waals surface area contributed by atoms with Gasteiger partial charge in [-0.05, 0) is 37.1 Å². The number of nitrogens with one attached hydrogen (secondary N) is 4. The van der Waals surface area contributed by atoms with E-state index in [1.54, 1.807) is 43.3 Å². The summed E-state index contributed by atoms with van der Waals surface area (Å²) in [5.74, 6) is 4.12. The first kappa shape index (κ1) is 22.8. The molecule has 11 heteroatoms. The molecule has 3 heterocycles. The zero-order chi connectivity index (χ0) is 25.1. The number of furan rings is 1. The normalized spacial score (nSPS) is 10.6. The third-order valence-corrected chi connectivity index (χ3v) is 5.17. The number of amides is 2. The Morgan fingerprint density at radius 3 is 2.75 bits per heavy atom. The van der Waals surface area contributed by atoms with Crippen molar-refractivity contribution >= 4 is 51.8 Å². The van der Waals surface area contributed by atoms with Crippen molar-refractivity contribution in [3.8, 4) is 24.1 Å². The van der Waals surface area contributed by atoms with Gasteiger partial charge >= 0.3 is 12.0 Å². The second kappa shape index (κ2) is 9.69. The highest BCUT2D eigenvalue weighted by Crippen LogP contribution is 2.31. The summed E-state index contributed by atoms with van der Waals surface area (Å²) in [6.45, 7) is 1.80. The summed E-state index contributed by atoms with van der Waals surface area (Å²) in [4.78, 5) is 21.0. The maximum atomic E-state index is 12.4. The minimum atomic E-state index is -0.483. The SMILES string of the molecule is C#Cc1cc(Nc2cc(C)nc(Oc3ccc(NC(=O)Nc4cc5ccccc5o4)cc3Cl)n2)[nH]n1. The van der Waals surface area contributed by atoms with E-state index in [9.17, 15) is 4.79 Å². The highest BCUT2D eigenvalue weighted by atomic mass is 35.5. The van der Waals surface area contributed by atoms with Crippen LogP contribution in [0.2, 0.25) is 5.02 Å². The number of terminal acetylenes is 1. The molecule has 0 atom stereocenters. The van der Waals surface area contributed by atoms with Gasteiger partial charge in [-0.15, -0.1) is 6.42 Å². The molecule has 0 fully saturated rings. The average Bonchev–Trinajstić information content (AvgIpc) is 3.46. The summed E-state index contributed by atoms with van der Waals surface area (Å²) in [6.07, 6.45) is 5.34. The molecule has 0 aliphatic heterocycles. The summed E-state index contributed by atoms with van der Waals surface area (Å²) in [7, 11) is 0. The molecule has 178 valence electrons. The van der Waals surface area contributed by atoms with Gasteiger partial charge in [0.25, 0.3) is 0 Å². The first-order valence-corrected chi connectivity index (χ1v) is 11.0. The van der Waals surface area contributed by atoms with Crippen LogP contribution in [-0.2, 0) is 0 Å². The summed E-state index contributed by atoms with van der Waals surface area (Å²) in [5, 5.41) is 16.3. The molecule has 0 aliphatic carbocycles. The second-order valence-corrected chi connectivity index (χ2v) is 8.00. The van der Waals surface area contributed by atoms with Crippen LogP contribution in [-0.4, -0.2) is 26.2 Å². The standard InChI is InChI=1S/C25H18ClN7O3/c1-3-16-13-22(33-32-16)29-21-10-14(2)27-25(30-21)36-20-9-8-17(12-18(20)26)28-24(34)31-23-11-15-6-4-5-7-19(15)35-23/h1,4-13H,2H3,(H2,28,31,34)(H2,27,29,30,32,33). The van der Waals surface area contributed by atoms with Crippen LogP contribution in [0.4, 0.5) is 28.0 Å². The van der Waals surface area contributed by atoms with E-state index in [0.29, 0.717) is 45.9 Å². The van der Waals surface area contributed by atoms with Crippen LogP contribution < -0.4 is 20.7 Å². The number of benzene rings is 2. The number of nitrogens with zero attached hydrogens (tertiary/aromatic N) is 3. The number of hydrogen-bond acceptors (Lipinski definition) is 7. The van der Waals surface area contributed by atoms with Gasteiger partial charge in [-0.2, -0.15) is 10.1 Å². The number of ether oxygens (including phenoxy) is 1. The zero-order valence-corrected chi connectivity index (χ0v) is 19.6. The van der Waals surface area contributed by atoms with Crippen LogP contribution in [0, 0.1) is 19.3 Å². The number of urea groups is 1. The number of anilines is 4. The number of hydrogen-bond donors (Lipinski definition) is 4. The van der Waals surface area contributed by atoms with E-state index in [4.69, 9.17) is 27.2 Å². The number of para-hydroxylation sites is 1. The van der Waals surface area contributed by atoms with E-state index >= 15 is 0 Å². The molecule has 0 radical (unpaired) electrons. The average molecular weight is 500 g/mol. The van der Waals surface area contributed by atoms with E-state index in [0.717, 1.165) is 5.39 Å². The summed E-state index contributed by atoms with van der Waals surface area (Å²) < 4.78 is 11.4. The number of carbonyl (C=O) groups excluding carboxylic acids is 1. The number of aromatic amines is 1. The maximum absolute atomic E-state index is 12.4. The minimum Gasteiger partial charge on any atom is -0.440 e. The fraction of sp³-hybridized carbons (Fsp3) is 0.0400. The van der Waals surface area contributed by atoms with Gasteiger partial charge in [0.2, 0.25) is 5.88 Å². The van der Waals surface area contributed by atoms with Gasteiger partial charge < -0.3 is 19.8 Å². The third-order valence-electron chi connectivity index (χ3n) is 4.88. The fourth-order valence-electron chi connectivity index (χ4n) is 3.33. The van der Waals surface area contributed by atoms with Crippen LogP contribution in [0.25, 0.3) is 11.0 Å². The van der Waals surface area contributed by atoms with Crippen molar-refractivity contribution in [1.82, 2.24) is 20.2 Å². The lowest BCUT2D eigenvalue weighted by Crippen LogP contribution is -2.18. The molecule has 36 heavy (non-hydrogen) atoms. The van der Waals surface area contributed by atoms with Crippen LogP contribution in [0.5, 0.6) is 11.8 Å². The molecule has 0 aliphatic rings. The predicted molar refractivity (Wildman–Crippen MR) is 137 cm³/mol. The Morgan fingerprint density at radius 1 is 1.11 bits per heavy atom. The lowest BCUT2D eigenvalue weighted by Gasteiger charge is -2.11. The highest BCUT2D eigenvalue weighted by molar-refractivity contribution is 6.32. The van der Waals surface area contributed by atoms with Gasteiger partial charge in [0.05, 0.1) is 5.02 Å². The first-order valence-electron chi connectivity index (χ1n) is 10.6. The monoisotopic (exact) mass is 499 g/mol. The Balaban J connectivity index is 1.25. The van der Waals surface area contributed by atoms with Gasteiger partial charge in [-0.1, -0.05) is 29.8 Å². The number of aryl methyl sites for hydroxylation is 1. The number of H-pyrrole nitrogens is 1. The lowest BCUT2D eigenvalue weighted by atomic mass is 10.3. The Kier molecular flexibility index (Phi) is 6.13. The van der Waals surface area contributed by atoms with Crippen molar-refractivity contribution in [1.29, 1.82) is 0 Å². The molecule has 0 saturated carbocycles. The maximum Gasteiger partial charge on any atom is 0.326 e. The van der Waals surface area contributed by atoms with Crippen LogP contribution >= 0.6 is 11.6 Å². The molecule has 0 spiro atoms. The molecule has 3 aromatic heterocycles. The molecule has 0 unspecified atom stereocenters. The van der Waals surface area contributed by atoms with Gasteiger partial charge in [-0.3, -0.25) is 10.4 Å². The number of carbonyl (C=O) groups is 1. The van der Waals surface area contributed by atoms with Crippen LogP contribution in [0.15, 0.2) is 65.1 Å². The predicted octanol–water partition coefficient (Wildman–Crippen LogP) is 6.07. The molecule has 10 nitrogen and oxygen atoms in total. The van der Waals surface area contributed by atoms with Crippen molar-refractivity contribution in [3.05, 3.63) is 77.1 Å². The van der Waals surface area contributed by atoms with Crippen molar-refractivity contribution in [2.45, 2.75) is 6.92 Å². The van der Waals surface area contributed by atoms with Crippen LogP contribution in [0.1, 0.15) is 11.4 Å². The number of fused-ring (bicyclic) bond motifs is 1. The molecular formula is C25H18ClN7O3. The minimum absolute atomic E-state index is 0.0828. The number of rotatable bonds is 6. The van der Waals surface area contributed by atoms with Crippen molar-refractivity contribution in [2.75, 3.05) is 16.0 Å². The Bertz CT molecular complexity index is 1590. The van der Waals surface area contributed by atoms with Gasteiger partial charge in [-0.25, -0.2) is 9.78 Å². The topological polar surface area (TPSA) is 130 Å². The molecule has 2 amide bonds. The smallest absolute Gasteiger partial charge is 0.326 e. The van der Waals surface area contributed by atoms with Crippen molar-refractivity contribution < 1.29 is 13.9 Å². The largest absolute Gasteiger partial charge is 0.440 e. The van der Waals surface area contributed by atoms with Crippen molar-refractivity contribution in [3.63, 3.8) is 0 Å².